The Morgan fingerprint density at radius 1 is 1.38 bits per heavy atom. The van der Waals surface area contributed by atoms with Crippen LogP contribution in [0.1, 0.15) is 49.0 Å². The molecule has 0 spiro atoms. The predicted molar refractivity (Wildman–Crippen MR) is 81.3 cm³/mol. The minimum atomic E-state index is -0.473. The van der Waals surface area contributed by atoms with Gasteiger partial charge in [0.05, 0.1) is 12.1 Å². The Balaban J connectivity index is 2.25. The Kier molecular flexibility index (Phi) is 4.98. The first-order chi connectivity index (χ1) is 10.0. The van der Waals surface area contributed by atoms with Gasteiger partial charge in [-0.2, -0.15) is 0 Å². The van der Waals surface area contributed by atoms with Gasteiger partial charge < -0.3 is 10.6 Å². The van der Waals surface area contributed by atoms with Crippen molar-refractivity contribution in [3.8, 4) is 11.8 Å². The Morgan fingerprint density at radius 2 is 2.05 bits per heavy atom. The maximum Gasteiger partial charge on any atom is 0.254 e. The summed E-state index contributed by atoms with van der Waals surface area (Å²) >= 11 is 0. The van der Waals surface area contributed by atoms with E-state index in [-0.39, 0.29) is 30.1 Å². The summed E-state index contributed by atoms with van der Waals surface area (Å²) in [5, 5.41) is 0. The van der Waals surface area contributed by atoms with Crippen molar-refractivity contribution in [1.82, 2.24) is 4.90 Å². The number of nitrogens with zero attached hydrogens (tertiary/aromatic N) is 1. The number of carbonyl (C=O) groups excluding carboxylic acids is 1. The number of likely N-dealkylation sites (tertiary alicyclic amines) is 1. The number of amides is 1. The van der Waals surface area contributed by atoms with Crippen molar-refractivity contribution >= 4 is 5.91 Å². The normalized spacial score (nSPS) is 21.6. The fourth-order valence-corrected chi connectivity index (χ4v) is 2.87. The molecule has 2 rings (SSSR count). The van der Waals surface area contributed by atoms with E-state index in [1.54, 1.807) is 12.1 Å². The zero-order chi connectivity index (χ0) is 15.4. The van der Waals surface area contributed by atoms with Crippen LogP contribution in [0.3, 0.4) is 0 Å². The number of halogens is 1. The summed E-state index contributed by atoms with van der Waals surface area (Å²) in [6.45, 7) is 4.28. The number of piperidine rings is 1. The van der Waals surface area contributed by atoms with Crippen LogP contribution < -0.4 is 5.73 Å². The van der Waals surface area contributed by atoms with E-state index in [9.17, 15) is 9.18 Å². The van der Waals surface area contributed by atoms with Crippen molar-refractivity contribution in [3.63, 3.8) is 0 Å². The summed E-state index contributed by atoms with van der Waals surface area (Å²) in [5.41, 5.74) is 5.93. The molecular formula is C17H21FN2O. The summed E-state index contributed by atoms with van der Waals surface area (Å²) < 4.78 is 14.0. The lowest BCUT2D eigenvalue weighted by atomic mass is 9.96. The number of carbonyl (C=O) groups is 1. The molecule has 0 aliphatic carbocycles. The van der Waals surface area contributed by atoms with Crippen molar-refractivity contribution in [1.29, 1.82) is 0 Å². The van der Waals surface area contributed by atoms with Gasteiger partial charge in [0.1, 0.15) is 5.82 Å². The van der Waals surface area contributed by atoms with Crippen LogP contribution in [0.15, 0.2) is 18.2 Å². The van der Waals surface area contributed by atoms with Crippen molar-refractivity contribution in [3.05, 3.63) is 35.1 Å². The number of benzene rings is 1. The topological polar surface area (TPSA) is 46.3 Å². The molecule has 0 unspecified atom stereocenters. The number of hydrogen-bond donors (Lipinski definition) is 1. The molecule has 1 aromatic carbocycles. The second-order valence-corrected chi connectivity index (χ2v) is 5.54. The standard InChI is InChI=1S/C17H21FN2O/c1-12-5-3-6-13(2)20(12)17(21)15-9-8-14(7-4-10-19)16(18)11-15/h8-9,11-13H,3,5-6,10,19H2,1-2H3/t12-,13+. The molecule has 0 bridgehead atoms. The van der Waals surface area contributed by atoms with E-state index in [1.165, 1.54) is 6.07 Å². The van der Waals surface area contributed by atoms with E-state index < -0.39 is 5.82 Å². The van der Waals surface area contributed by atoms with Crippen molar-refractivity contribution in [2.75, 3.05) is 6.54 Å². The molecule has 112 valence electrons. The van der Waals surface area contributed by atoms with Crippen LogP contribution in [0.25, 0.3) is 0 Å². The van der Waals surface area contributed by atoms with Crippen LogP contribution in [0.5, 0.6) is 0 Å². The first-order valence-electron chi connectivity index (χ1n) is 7.35. The SMILES string of the molecule is C[C@@H]1CCC[C@H](C)N1C(=O)c1ccc(C#CCN)c(F)c1. The van der Waals surface area contributed by atoms with Gasteiger partial charge in [0.15, 0.2) is 0 Å². The molecule has 1 saturated heterocycles. The Labute approximate surface area is 125 Å². The lowest BCUT2D eigenvalue weighted by molar-refractivity contribution is 0.0510. The molecule has 1 aromatic rings. The summed E-state index contributed by atoms with van der Waals surface area (Å²) in [7, 11) is 0. The van der Waals surface area contributed by atoms with Crippen molar-refractivity contribution < 1.29 is 9.18 Å². The highest BCUT2D eigenvalue weighted by molar-refractivity contribution is 5.94. The second-order valence-electron chi connectivity index (χ2n) is 5.54. The third-order valence-corrected chi connectivity index (χ3v) is 3.97. The summed E-state index contributed by atoms with van der Waals surface area (Å²) in [6.07, 6.45) is 3.13. The van der Waals surface area contributed by atoms with Gasteiger partial charge in [-0.15, -0.1) is 0 Å². The molecule has 1 amide bonds. The maximum atomic E-state index is 14.0. The second kappa shape index (κ2) is 6.73. The van der Waals surface area contributed by atoms with E-state index in [2.05, 4.69) is 11.8 Å². The van der Waals surface area contributed by atoms with Crippen LogP contribution in [-0.2, 0) is 0 Å². The van der Waals surface area contributed by atoms with Gasteiger partial charge in [-0.1, -0.05) is 11.8 Å². The van der Waals surface area contributed by atoms with E-state index in [4.69, 9.17) is 5.73 Å². The van der Waals surface area contributed by atoms with Gasteiger partial charge in [-0.05, 0) is 51.3 Å². The highest BCUT2D eigenvalue weighted by Crippen LogP contribution is 2.25. The number of rotatable bonds is 1. The number of nitrogens with two attached hydrogens (primary N) is 1. The van der Waals surface area contributed by atoms with Gasteiger partial charge in [0.25, 0.3) is 5.91 Å². The third-order valence-electron chi connectivity index (χ3n) is 3.97. The van der Waals surface area contributed by atoms with Crippen LogP contribution in [-0.4, -0.2) is 29.4 Å². The highest BCUT2D eigenvalue weighted by atomic mass is 19.1. The van der Waals surface area contributed by atoms with E-state index in [0.717, 1.165) is 19.3 Å². The Hall–Kier alpha value is -1.86. The van der Waals surface area contributed by atoms with Crippen molar-refractivity contribution in [2.24, 2.45) is 5.73 Å². The minimum absolute atomic E-state index is 0.105. The number of hydrogen-bond acceptors (Lipinski definition) is 2. The molecule has 4 heteroatoms. The molecule has 0 saturated carbocycles. The van der Waals surface area contributed by atoms with Gasteiger partial charge in [-0.3, -0.25) is 4.79 Å². The average molecular weight is 288 g/mol. The van der Waals surface area contributed by atoms with Crippen LogP contribution in [0.2, 0.25) is 0 Å². The quantitative estimate of drug-likeness (QED) is 0.807. The van der Waals surface area contributed by atoms with Crippen LogP contribution in [0.4, 0.5) is 4.39 Å². The molecule has 3 nitrogen and oxygen atoms in total. The molecule has 1 heterocycles. The zero-order valence-electron chi connectivity index (χ0n) is 12.5. The molecule has 2 atom stereocenters. The zero-order valence-corrected chi connectivity index (χ0v) is 12.5. The summed E-state index contributed by atoms with van der Waals surface area (Å²) in [5.74, 6) is 4.70. The molecule has 0 aromatic heterocycles. The van der Waals surface area contributed by atoms with Gasteiger partial charge >= 0.3 is 0 Å². The minimum Gasteiger partial charge on any atom is -0.333 e. The highest BCUT2D eigenvalue weighted by Gasteiger charge is 2.29. The summed E-state index contributed by atoms with van der Waals surface area (Å²) in [6, 6.07) is 4.85. The average Bonchev–Trinajstić information content (AvgIpc) is 2.45. The summed E-state index contributed by atoms with van der Waals surface area (Å²) in [4.78, 5) is 14.5. The fraction of sp³-hybridized carbons (Fsp3) is 0.471. The molecule has 1 fully saturated rings. The van der Waals surface area contributed by atoms with Gasteiger partial charge in [0.2, 0.25) is 0 Å². The predicted octanol–water partition coefficient (Wildman–Crippen LogP) is 2.54. The Morgan fingerprint density at radius 3 is 2.62 bits per heavy atom. The van der Waals surface area contributed by atoms with Crippen LogP contribution >= 0.6 is 0 Å². The van der Waals surface area contributed by atoms with Gasteiger partial charge in [-0.25, -0.2) is 4.39 Å². The van der Waals surface area contributed by atoms with E-state index >= 15 is 0 Å². The first-order valence-corrected chi connectivity index (χ1v) is 7.35. The maximum absolute atomic E-state index is 14.0. The third kappa shape index (κ3) is 3.43. The lowest BCUT2D eigenvalue weighted by Gasteiger charge is -2.39. The van der Waals surface area contributed by atoms with Crippen LogP contribution in [0, 0.1) is 17.7 Å². The molecule has 2 N–H and O–H groups in total. The Bertz CT molecular complexity index is 578. The lowest BCUT2D eigenvalue weighted by Crippen LogP contribution is -2.47. The molecule has 0 radical (unpaired) electrons. The van der Waals surface area contributed by atoms with E-state index in [0.29, 0.717) is 5.56 Å². The van der Waals surface area contributed by atoms with Gasteiger partial charge in [0, 0.05) is 17.6 Å². The first kappa shape index (κ1) is 15.5. The monoisotopic (exact) mass is 288 g/mol. The van der Waals surface area contributed by atoms with Crippen molar-refractivity contribution in [2.45, 2.75) is 45.2 Å². The smallest absolute Gasteiger partial charge is 0.254 e. The molecular weight excluding hydrogens is 267 g/mol. The molecule has 21 heavy (non-hydrogen) atoms. The molecule has 1 aliphatic heterocycles. The molecule has 1 aliphatic rings. The van der Waals surface area contributed by atoms with E-state index in [1.807, 2.05) is 18.7 Å². The fourth-order valence-electron chi connectivity index (χ4n) is 2.87. The largest absolute Gasteiger partial charge is 0.333 e.